The first-order chi connectivity index (χ1) is 15.8. The van der Waals surface area contributed by atoms with Crippen LogP contribution in [-0.2, 0) is 0 Å². The van der Waals surface area contributed by atoms with Crippen molar-refractivity contribution in [3.8, 4) is 34.4 Å². The minimum absolute atomic E-state index is 0.162. The van der Waals surface area contributed by atoms with E-state index in [0.29, 0.717) is 34.0 Å². The maximum Gasteiger partial charge on any atom is 0.247 e. The smallest absolute Gasteiger partial charge is 0.247 e. The molecule has 0 amide bonds. The number of hydrogen-bond donors (Lipinski definition) is 1. The van der Waals surface area contributed by atoms with Crippen LogP contribution < -0.4 is 24.3 Å². The number of anilines is 1. The van der Waals surface area contributed by atoms with E-state index in [9.17, 15) is 0 Å². The second kappa shape index (κ2) is 9.12. The van der Waals surface area contributed by atoms with Crippen molar-refractivity contribution in [1.82, 2.24) is 15.2 Å². The van der Waals surface area contributed by atoms with Crippen LogP contribution in [0, 0.1) is 0 Å². The van der Waals surface area contributed by atoms with Crippen molar-refractivity contribution in [3.63, 3.8) is 0 Å². The Morgan fingerprint density at radius 3 is 2.94 bits per heavy atom. The minimum Gasteiger partial charge on any atom is -0.493 e. The fraction of sp³-hybridized carbons (Fsp3) is 0.348. The quantitative estimate of drug-likeness (QED) is 0.390. The molecular formula is C23H24N4O4S. The molecule has 0 fully saturated rings. The molecule has 0 saturated carbocycles. The van der Waals surface area contributed by atoms with Gasteiger partial charge >= 0.3 is 0 Å². The molecule has 2 aliphatic heterocycles. The minimum atomic E-state index is -0.532. The number of unbranched alkanes of at least 4 members (excludes halogenated alkanes) is 2. The Bertz CT molecular complexity index is 1130. The van der Waals surface area contributed by atoms with E-state index in [1.807, 2.05) is 36.4 Å². The largest absolute Gasteiger partial charge is 0.493 e. The highest BCUT2D eigenvalue weighted by molar-refractivity contribution is 7.99. The average molecular weight is 453 g/mol. The lowest BCUT2D eigenvalue weighted by Gasteiger charge is -2.20. The van der Waals surface area contributed by atoms with E-state index in [1.165, 1.54) is 12.8 Å². The fourth-order valence-electron chi connectivity index (χ4n) is 3.68. The maximum absolute atomic E-state index is 6.36. The van der Waals surface area contributed by atoms with Crippen LogP contribution in [0.1, 0.15) is 38.0 Å². The number of aromatic nitrogens is 3. The molecule has 0 radical (unpaired) electrons. The molecular weight excluding hydrogens is 428 g/mol. The molecule has 2 aliphatic rings. The van der Waals surface area contributed by atoms with Gasteiger partial charge in [0.2, 0.25) is 23.6 Å². The molecule has 1 atom stereocenters. The molecule has 2 aromatic carbocycles. The Morgan fingerprint density at radius 2 is 2.06 bits per heavy atom. The molecule has 3 aromatic rings. The SMILES string of the molecule is CCCCCSc1nnc2c(n1)O[C@@H](c1cc(OC)c3c(c1)OCO3)Nc1ccccc1-2. The molecule has 32 heavy (non-hydrogen) atoms. The first kappa shape index (κ1) is 20.7. The van der Waals surface area contributed by atoms with Crippen LogP contribution in [0.5, 0.6) is 23.1 Å². The van der Waals surface area contributed by atoms with Gasteiger partial charge in [0, 0.05) is 22.6 Å². The highest BCUT2D eigenvalue weighted by Gasteiger charge is 2.29. The summed E-state index contributed by atoms with van der Waals surface area (Å²) in [4.78, 5) is 4.70. The summed E-state index contributed by atoms with van der Waals surface area (Å²) in [6.07, 6.45) is 2.95. The van der Waals surface area contributed by atoms with Gasteiger partial charge in [-0.1, -0.05) is 49.7 Å². The Balaban J connectivity index is 1.52. The van der Waals surface area contributed by atoms with Gasteiger partial charge in [-0.15, -0.1) is 10.2 Å². The number of methoxy groups -OCH3 is 1. The Kier molecular flexibility index (Phi) is 5.89. The van der Waals surface area contributed by atoms with E-state index >= 15 is 0 Å². The third-order valence-corrected chi connectivity index (χ3v) is 6.22. The summed E-state index contributed by atoms with van der Waals surface area (Å²) < 4.78 is 23.0. The molecule has 8 nitrogen and oxygen atoms in total. The van der Waals surface area contributed by atoms with Gasteiger partial charge in [0.1, 0.15) is 0 Å². The second-order valence-corrected chi connectivity index (χ2v) is 8.51. The van der Waals surface area contributed by atoms with Crippen LogP contribution >= 0.6 is 11.8 Å². The van der Waals surface area contributed by atoms with Crippen molar-refractivity contribution in [2.75, 3.05) is 25.0 Å². The number of benzene rings is 2. The summed E-state index contributed by atoms with van der Waals surface area (Å²) in [6.45, 7) is 2.35. The lowest BCUT2D eigenvalue weighted by atomic mass is 10.1. The predicted molar refractivity (Wildman–Crippen MR) is 122 cm³/mol. The predicted octanol–water partition coefficient (Wildman–Crippen LogP) is 5.06. The highest BCUT2D eigenvalue weighted by Crippen LogP contribution is 2.45. The van der Waals surface area contributed by atoms with Gasteiger partial charge in [-0.25, -0.2) is 0 Å². The fourth-order valence-corrected chi connectivity index (χ4v) is 4.45. The van der Waals surface area contributed by atoms with Gasteiger partial charge in [0.15, 0.2) is 23.4 Å². The third-order valence-electron chi connectivity index (χ3n) is 5.30. The van der Waals surface area contributed by atoms with Crippen molar-refractivity contribution >= 4 is 17.4 Å². The number of ether oxygens (including phenoxy) is 4. The summed E-state index contributed by atoms with van der Waals surface area (Å²) in [5.41, 5.74) is 3.21. The number of nitrogens with zero attached hydrogens (tertiary/aromatic N) is 3. The molecule has 0 unspecified atom stereocenters. The molecule has 5 rings (SSSR count). The second-order valence-electron chi connectivity index (χ2n) is 7.45. The van der Waals surface area contributed by atoms with Crippen LogP contribution in [0.25, 0.3) is 11.3 Å². The first-order valence-electron chi connectivity index (χ1n) is 10.6. The Hall–Kier alpha value is -3.20. The van der Waals surface area contributed by atoms with E-state index in [-0.39, 0.29) is 6.79 Å². The number of fused-ring (bicyclic) bond motifs is 4. The molecule has 0 saturated heterocycles. The monoisotopic (exact) mass is 452 g/mol. The summed E-state index contributed by atoms with van der Waals surface area (Å²) in [5, 5.41) is 12.9. The van der Waals surface area contributed by atoms with Gasteiger partial charge in [-0.3, -0.25) is 0 Å². The summed E-state index contributed by atoms with van der Waals surface area (Å²) in [6, 6.07) is 11.7. The highest BCUT2D eigenvalue weighted by atomic mass is 32.2. The number of nitrogens with one attached hydrogen (secondary N) is 1. The van der Waals surface area contributed by atoms with E-state index < -0.39 is 6.23 Å². The topological polar surface area (TPSA) is 87.6 Å². The number of rotatable bonds is 7. The van der Waals surface area contributed by atoms with E-state index in [2.05, 4.69) is 22.4 Å². The van der Waals surface area contributed by atoms with Crippen LogP contribution in [0.2, 0.25) is 0 Å². The summed E-state index contributed by atoms with van der Waals surface area (Å²) >= 11 is 1.60. The average Bonchev–Trinajstić information content (AvgIpc) is 3.23. The van der Waals surface area contributed by atoms with Gasteiger partial charge < -0.3 is 24.3 Å². The van der Waals surface area contributed by atoms with Crippen molar-refractivity contribution < 1.29 is 18.9 Å². The number of para-hydroxylation sites is 1. The molecule has 166 valence electrons. The van der Waals surface area contributed by atoms with Crippen LogP contribution in [0.3, 0.4) is 0 Å². The molecule has 1 N–H and O–H groups in total. The molecule has 0 aliphatic carbocycles. The standard InChI is InChI=1S/C23H24N4O4S/c1-3-4-7-10-32-23-25-22-19(26-27-23)15-8-5-6-9-16(15)24-21(31-22)14-11-17(28-2)20-18(12-14)29-13-30-20/h5-6,8-9,11-12,21,24H,3-4,7,10,13H2,1-2H3/t21-/m0/s1. The zero-order valence-electron chi connectivity index (χ0n) is 18.0. The summed E-state index contributed by atoms with van der Waals surface area (Å²) in [5.74, 6) is 3.20. The van der Waals surface area contributed by atoms with Crippen molar-refractivity contribution in [2.24, 2.45) is 0 Å². The molecule has 0 spiro atoms. The zero-order valence-corrected chi connectivity index (χ0v) is 18.8. The Morgan fingerprint density at radius 1 is 1.16 bits per heavy atom. The van der Waals surface area contributed by atoms with Crippen LogP contribution in [-0.4, -0.2) is 34.8 Å². The third kappa shape index (κ3) is 4.00. The van der Waals surface area contributed by atoms with Gasteiger partial charge in [-0.05, 0) is 24.6 Å². The molecule has 9 heteroatoms. The Labute approximate surface area is 190 Å². The van der Waals surface area contributed by atoms with E-state index in [4.69, 9.17) is 23.9 Å². The first-order valence-corrected chi connectivity index (χ1v) is 11.6. The zero-order chi connectivity index (χ0) is 21.9. The van der Waals surface area contributed by atoms with Crippen molar-refractivity contribution in [1.29, 1.82) is 0 Å². The lowest BCUT2D eigenvalue weighted by molar-refractivity contribution is 0.171. The van der Waals surface area contributed by atoms with E-state index in [0.717, 1.165) is 29.0 Å². The molecule has 3 heterocycles. The molecule has 0 bridgehead atoms. The molecule has 1 aromatic heterocycles. The normalized spacial score (nSPS) is 15.8. The number of hydrogen-bond acceptors (Lipinski definition) is 9. The van der Waals surface area contributed by atoms with Gasteiger partial charge in [0.25, 0.3) is 0 Å². The van der Waals surface area contributed by atoms with Gasteiger partial charge in [0.05, 0.1) is 7.11 Å². The van der Waals surface area contributed by atoms with Gasteiger partial charge in [-0.2, -0.15) is 4.98 Å². The maximum atomic E-state index is 6.36. The number of thioether (sulfide) groups is 1. The van der Waals surface area contributed by atoms with E-state index in [1.54, 1.807) is 18.9 Å². The summed E-state index contributed by atoms with van der Waals surface area (Å²) in [7, 11) is 1.60. The van der Waals surface area contributed by atoms with Crippen molar-refractivity contribution in [3.05, 3.63) is 42.0 Å². The van der Waals surface area contributed by atoms with Crippen molar-refractivity contribution in [2.45, 2.75) is 37.6 Å². The lowest BCUT2D eigenvalue weighted by Crippen LogP contribution is -2.17. The van der Waals surface area contributed by atoms with Crippen LogP contribution in [0.4, 0.5) is 5.69 Å². The van der Waals surface area contributed by atoms with Crippen LogP contribution in [0.15, 0.2) is 41.6 Å².